The summed E-state index contributed by atoms with van der Waals surface area (Å²) in [6, 6.07) is 6.85. The van der Waals surface area contributed by atoms with E-state index in [0.717, 1.165) is 12.8 Å². The summed E-state index contributed by atoms with van der Waals surface area (Å²) in [5, 5.41) is 13.3. The van der Waals surface area contributed by atoms with Crippen molar-refractivity contribution in [1.82, 2.24) is 15.3 Å². The fourth-order valence-corrected chi connectivity index (χ4v) is 2.73. The lowest BCUT2D eigenvalue weighted by Gasteiger charge is -2.22. The summed E-state index contributed by atoms with van der Waals surface area (Å²) < 4.78 is 0. The van der Waals surface area contributed by atoms with Gasteiger partial charge in [0.2, 0.25) is 0 Å². The van der Waals surface area contributed by atoms with Gasteiger partial charge in [0.15, 0.2) is 5.82 Å². The normalized spacial score (nSPS) is 17.0. The molecule has 6 nitrogen and oxygen atoms in total. The van der Waals surface area contributed by atoms with Gasteiger partial charge in [0.25, 0.3) is 11.5 Å². The van der Waals surface area contributed by atoms with Gasteiger partial charge in [-0.3, -0.25) is 9.59 Å². The van der Waals surface area contributed by atoms with Crippen LogP contribution in [0.15, 0.2) is 29.1 Å². The first-order chi connectivity index (χ1) is 10.1. The molecule has 1 amide bonds. The molecule has 1 aromatic heterocycles. The molecule has 1 aliphatic rings. The summed E-state index contributed by atoms with van der Waals surface area (Å²) in [5.41, 5.74) is -0.691. The molecular formula is C15H17N3O3. The number of fused-ring (bicyclic) bond motifs is 1. The molecule has 0 bridgehead atoms. The van der Waals surface area contributed by atoms with Crippen LogP contribution < -0.4 is 10.9 Å². The standard InChI is InChI=1S/C15H17N3O3/c19-13-10-5-1-2-6-11(10)17-12(18-13)14(20)16-9-15(21)7-3-4-8-15/h1-2,5-6,21H,3-4,7-9H2,(H,16,20)(H,17,18,19). The Bertz CT molecular complexity index is 732. The zero-order valence-electron chi connectivity index (χ0n) is 11.6. The number of hydrogen-bond donors (Lipinski definition) is 3. The van der Waals surface area contributed by atoms with E-state index in [1.54, 1.807) is 24.3 Å². The van der Waals surface area contributed by atoms with Crippen molar-refractivity contribution in [2.75, 3.05) is 6.54 Å². The summed E-state index contributed by atoms with van der Waals surface area (Å²) >= 11 is 0. The molecule has 0 saturated heterocycles. The van der Waals surface area contributed by atoms with Gasteiger partial charge in [0.05, 0.1) is 16.5 Å². The average molecular weight is 287 g/mol. The van der Waals surface area contributed by atoms with Crippen LogP contribution in [0.5, 0.6) is 0 Å². The number of aromatic nitrogens is 2. The number of para-hydroxylation sites is 1. The molecule has 21 heavy (non-hydrogen) atoms. The Morgan fingerprint density at radius 2 is 2.05 bits per heavy atom. The van der Waals surface area contributed by atoms with E-state index in [4.69, 9.17) is 0 Å². The van der Waals surface area contributed by atoms with Crippen LogP contribution in [0.2, 0.25) is 0 Å². The van der Waals surface area contributed by atoms with Crippen LogP contribution in [-0.4, -0.2) is 33.1 Å². The van der Waals surface area contributed by atoms with Crippen molar-refractivity contribution >= 4 is 16.8 Å². The van der Waals surface area contributed by atoms with Gasteiger partial charge in [-0.2, -0.15) is 0 Å². The number of carbonyl (C=O) groups excluding carboxylic acids is 1. The minimum Gasteiger partial charge on any atom is -0.388 e. The van der Waals surface area contributed by atoms with Crippen LogP contribution in [0, 0.1) is 0 Å². The maximum atomic E-state index is 12.1. The molecule has 1 aromatic carbocycles. The highest BCUT2D eigenvalue weighted by molar-refractivity contribution is 5.92. The van der Waals surface area contributed by atoms with Crippen LogP contribution in [0.4, 0.5) is 0 Å². The van der Waals surface area contributed by atoms with Gasteiger partial charge in [-0.1, -0.05) is 25.0 Å². The summed E-state index contributed by atoms with van der Waals surface area (Å²) in [4.78, 5) is 30.6. The molecule has 6 heteroatoms. The van der Waals surface area contributed by atoms with Gasteiger partial charge in [0.1, 0.15) is 0 Å². The first kappa shape index (κ1) is 13.8. The highest BCUT2D eigenvalue weighted by Crippen LogP contribution is 2.28. The lowest BCUT2D eigenvalue weighted by atomic mass is 10.0. The Morgan fingerprint density at radius 3 is 2.81 bits per heavy atom. The van der Waals surface area contributed by atoms with E-state index in [-0.39, 0.29) is 17.9 Å². The molecule has 0 atom stereocenters. The molecule has 3 rings (SSSR count). The number of aliphatic hydroxyl groups is 1. The summed E-state index contributed by atoms with van der Waals surface area (Å²) in [7, 11) is 0. The second-order valence-corrected chi connectivity index (χ2v) is 5.55. The van der Waals surface area contributed by atoms with Gasteiger partial charge in [0, 0.05) is 6.54 Å². The zero-order chi connectivity index (χ0) is 14.9. The first-order valence-electron chi connectivity index (χ1n) is 7.07. The van der Waals surface area contributed by atoms with Crippen LogP contribution in [0.25, 0.3) is 10.9 Å². The second kappa shape index (κ2) is 5.29. The van der Waals surface area contributed by atoms with Crippen LogP contribution >= 0.6 is 0 Å². The van der Waals surface area contributed by atoms with E-state index >= 15 is 0 Å². The predicted octanol–water partition coefficient (Wildman–Crippen LogP) is 0.958. The topological polar surface area (TPSA) is 95.1 Å². The third-order valence-electron chi connectivity index (χ3n) is 3.94. The molecule has 0 radical (unpaired) electrons. The largest absolute Gasteiger partial charge is 0.388 e. The molecule has 1 aliphatic carbocycles. The molecule has 0 aliphatic heterocycles. The Morgan fingerprint density at radius 1 is 1.33 bits per heavy atom. The summed E-state index contributed by atoms with van der Waals surface area (Å²) in [5.74, 6) is -0.501. The maximum Gasteiger partial charge on any atom is 0.287 e. The minimum absolute atomic E-state index is 0.0275. The highest BCUT2D eigenvalue weighted by atomic mass is 16.3. The fourth-order valence-electron chi connectivity index (χ4n) is 2.73. The number of benzene rings is 1. The maximum absolute atomic E-state index is 12.1. The number of H-pyrrole nitrogens is 1. The Kier molecular flexibility index (Phi) is 3.47. The van der Waals surface area contributed by atoms with Gasteiger partial charge in [-0.15, -0.1) is 0 Å². The zero-order valence-corrected chi connectivity index (χ0v) is 11.6. The molecule has 1 saturated carbocycles. The lowest BCUT2D eigenvalue weighted by molar-refractivity contribution is 0.0447. The third-order valence-corrected chi connectivity index (χ3v) is 3.94. The molecular weight excluding hydrogens is 270 g/mol. The molecule has 1 fully saturated rings. The van der Waals surface area contributed by atoms with Crippen molar-refractivity contribution in [3.05, 3.63) is 40.4 Å². The van der Waals surface area contributed by atoms with Crippen LogP contribution in [-0.2, 0) is 0 Å². The number of hydrogen-bond acceptors (Lipinski definition) is 4. The number of nitrogens with zero attached hydrogens (tertiary/aromatic N) is 1. The highest BCUT2D eigenvalue weighted by Gasteiger charge is 2.31. The number of carbonyl (C=O) groups is 1. The van der Waals surface area contributed by atoms with Gasteiger partial charge >= 0.3 is 0 Å². The van der Waals surface area contributed by atoms with Crippen molar-refractivity contribution in [2.24, 2.45) is 0 Å². The van der Waals surface area contributed by atoms with Crippen LogP contribution in [0.3, 0.4) is 0 Å². The predicted molar refractivity (Wildman–Crippen MR) is 78.1 cm³/mol. The van der Waals surface area contributed by atoms with E-state index in [9.17, 15) is 14.7 Å². The quantitative estimate of drug-likeness (QED) is 0.783. The van der Waals surface area contributed by atoms with E-state index < -0.39 is 11.5 Å². The van der Waals surface area contributed by atoms with Crippen LogP contribution in [0.1, 0.15) is 36.3 Å². The molecule has 2 aromatic rings. The van der Waals surface area contributed by atoms with Gasteiger partial charge in [-0.25, -0.2) is 4.98 Å². The first-order valence-corrected chi connectivity index (χ1v) is 7.07. The smallest absolute Gasteiger partial charge is 0.287 e. The van der Waals surface area contributed by atoms with E-state index in [0.29, 0.717) is 23.7 Å². The van der Waals surface area contributed by atoms with Gasteiger partial charge in [-0.05, 0) is 25.0 Å². The fraction of sp³-hybridized carbons (Fsp3) is 0.400. The van der Waals surface area contributed by atoms with Gasteiger partial charge < -0.3 is 15.4 Å². The summed E-state index contributed by atoms with van der Waals surface area (Å²) in [6.45, 7) is 0.183. The van der Waals surface area contributed by atoms with Crippen molar-refractivity contribution in [2.45, 2.75) is 31.3 Å². The SMILES string of the molecule is O=C(NCC1(O)CCCC1)c1nc2ccccc2c(=O)[nH]1. The Balaban J connectivity index is 1.80. The van der Waals surface area contributed by atoms with Crippen molar-refractivity contribution in [3.8, 4) is 0 Å². The van der Waals surface area contributed by atoms with Crippen molar-refractivity contribution < 1.29 is 9.90 Å². The van der Waals surface area contributed by atoms with E-state index in [1.807, 2.05) is 0 Å². The van der Waals surface area contributed by atoms with Crippen molar-refractivity contribution in [3.63, 3.8) is 0 Å². The number of aromatic amines is 1. The molecule has 3 N–H and O–H groups in total. The van der Waals surface area contributed by atoms with E-state index in [2.05, 4.69) is 15.3 Å². The molecule has 110 valence electrons. The lowest BCUT2D eigenvalue weighted by Crippen LogP contribution is -2.41. The molecule has 0 spiro atoms. The third kappa shape index (κ3) is 2.80. The number of rotatable bonds is 3. The monoisotopic (exact) mass is 287 g/mol. The Hall–Kier alpha value is -2.21. The number of amides is 1. The van der Waals surface area contributed by atoms with E-state index in [1.165, 1.54) is 0 Å². The number of nitrogens with one attached hydrogen (secondary N) is 2. The summed E-state index contributed by atoms with van der Waals surface area (Å²) in [6.07, 6.45) is 3.32. The minimum atomic E-state index is -0.827. The average Bonchev–Trinajstić information content (AvgIpc) is 2.92. The molecule has 0 unspecified atom stereocenters. The Labute approximate surface area is 121 Å². The second-order valence-electron chi connectivity index (χ2n) is 5.55. The molecule has 1 heterocycles. The van der Waals surface area contributed by atoms with Crippen molar-refractivity contribution in [1.29, 1.82) is 0 Å².